The third kappa shape index (κ3) is 3.64. The van der Waals surface area contributed by atoms with E-state index in [1.54, 1.807) is 0 Å². The molecule has 0 spiro atoms. The molecule has 2 N–H and O–H groups in total. The van der Waals surface area contributed by atoms with Crippen LogP contribution in [0, 0.1) is 6.92 Å². The largest absolute Gasteiger partial charge is 0.328 e. The number of hydrogen-bond donors (Lipinski definition) is 1. The van der Waals surface area contributed by atoms with Crippen LogP contribution in [0.5, 0.6) is 0 Å². The lowest BCUT2D eigenvalue weighted by atomic mass is 9.94. The number of aryl methyl sites for hydroxylation is 2. The van der Waals surface area contributed by atoms with E-state index in [9.17, 15) is 0 Å². The zero-order valence-corrected chi connectivity index (χ0v) is 11.1. The van der Waals surface area contributed by atoms with E-state index in [1.807, 2.05) is 0 Å². The molecule has 1 atom stereocenters. The van der Waals surface area contributed by atoms with Gasteiger partial charge in [-0.3, -0.25) is 0 Å². The molecule has 0 aliphatic rings. The van der Waals surface area contributed by atoms with E-state index in [0.29, 0.717) is 12.0 Å². The Hall–Kier alpha value is -0.820. The van der Waals surface area contributed by atoms with Crippen LogP contribution in [-0.2, 0) is 6.42 Å². The Morgan fingerprint density at radius 3 is 2.50 bits per heavy atom. The summed E-state index contributed by atoms with van der Waals surface area (Å²) in [6.45, 7) is 8.83. The van der Waals surface area contributed by atoms with Crippen molar-refractivity contribution in [3.63, 3.8) is 0 Å². The Morgan fingerprint density at radius 1 is 1.25 bits per heavy atom. The summed E-state index contributed by atoms with van der Waals surface area (Å²) < 4.78 is 0. The summed E-state index contributed by atoms with van der Waals surface area (Å²) in [4.78, 5) is 0. The van der Waals surface area contributed by atoms with Crippen molar-refractivity contribution in [2.75, 3.05) is 0 Å². The molecular formula is C15H25N. The van der Waals surface area contributed by atoms with Gasteiger partial charge in [-0.25, -0.2) is 0 Å². The molecule has 1 aromatic carbocycles. The quantitative estimate of drug-likeness (QED) is 0.801. The molecule has 16 heavy (non-hydrogen) atoms. The first-order valence-corrected chi connectivity index (χ1v) is 6.39. The zero-order valence-electron chi connectivity index (χ0n) is 11.1. The van der Waals surface area contributed by atoms with Crippen LogP contribution >= 0.6 is 0 Å². The Labute approximate surface area is 100 Å². The van der Waals surface area contributed by atoms with Gasteiger partial charge in [-0.2, -0.15) is 0 Å². The fraction of sp³-hybridized carbons (Fsp3) is 0.600. The monoisotopic (exact) mass is 219 g/mol. The van der Waals surface area contributed by atoms with Gasteiger partial charge in [0.2, 0.25) is 0 Å². The normalized spacial score (nSPS) is 13.1. The maximum Gasteiger partial charge on any atom is 0.00393 e. The highest BCUT2D eigenvalue weighted by atomic mass is 14.6. The Morgan fingerprint density at radius 2 is 1.94 bits per heavy atom. The van der Waals surface area contributed by atoms with Gasteiger partial charge in [-0.05, 0) is 48.8 Å². The van der Waals surface area contributed by atoms with Gasteiger partial charge in [0.15, 0.2) is 0 Å². The number of hydrogen-bond acceptors (Lipinski definition) is 1. The van der Waals surface area contributed by atoms with Crippen molar-refractivity contribution < 1.29 is 0 Å². The number of benzene rings is 1. The maximum atomic E-state index is 5.97. The predicted octanol–water partition coefficient (Wildman–Crippen LogP) is 3.79. The SMILES string of the molecule is CCC(N)CCc1cc(C(C)C)ccc1C. The van der Waals surface area contributed by atoms with Crippen LogP contribution in [0.1, 0.15) is 56.2 Å². The molecule has 0 heterocycles. The lowest BCUT2D eigenvalue weighted by molar-refractivity contribution is 0.595. The number of nitrogens with two attached hydrogens (primary N) is 1. The summed E-state index contributed by atoms with van der Waals surface area (Å²) in [6, 6.07) is 7.18. The first-order valence-electron chi connectivity index (χ1n) is 6.39. The van der Waals surface area contributed by atoms with Crippen molar-refractivity contribution in [1.82, 2.24) is 0 Å². The van der Waals surface area contributed by atoms with Gasteiger partial charge < -0.3 is 5.73 Å². The minimum Gasteiger partial charge on any atom is -0.328 e. The van der Waals surface area contributed by atoms with E-state index in [1.165, 1.54) is 16.7 Å². The van der Waals surface area contributed by atoms with Crippen molar-refractivity contribution in [1.29, 1.82) is 0 Å². The fourth-order valence-electron chi connectivity index (χ4n) is 1.86. The highest BCUT2D eigenvalue weighted by Gasteiger charge is 2.05. The average molecular weight is 219 g/mol. The van der Waals surface area contributed by atoms with Crippen LogP contribution in [0.3, 0.4) is 0 Å². The van der Waals surface area contributed by atoms with E-state index in [-0.39, 0.29) is 0 Å². The summed E-state index contributed by atoms with van der Waals surface area (Å²) >= 11 is 0. The van der Waals surface area contributed by atoms with Crippen LogP contribution in [-0.4, -0.2) is 6.04 Å². The third-order valence-electron chi connectivity index (χ3n) is 3.35. The van der Waals surface area contributed by atoms with Gasteiger partial charge in [-0.15, -0.1) is 0 Å². The van der Waals surface area contributed by atoms with Gasteiger partial charge >= 0.3 is 0 Å². The van der Waals surface area contributed by atoms with E-state index < -0.39 is 0 Å². The molecule has 0 fully saturated rings. The van der Waals surface area contributed by atoms with Gasteiger partial charge in [0, 0.05) is 6.04 Å². The molecule has 0 aromatic heterocycles. The molecule has 1 heteroatoms. The van der Waals surface area contributed by atoms with Crippen LogP contribution in [0.25, 0.3) is 0 Å². The van der Waals surface area contributed by atoms with Crippen molar-refractivity contribution in [2.45, 2.75) is 58.9 Å². The lowest BCUT2D eigenvalue weighted by Gasteiger charge is -2.13. The molecule has 90 valence electrons. The molecule has 0 radical (unpaired) electrons. The second-order valence-electron chi connectivity index (χ2n) is 5.05. The molecule has 0 bridgehead atoms. The second kappa shape index (κ2) is 6.05. The predicted molar refractivity (Wildman–Crippen MR) is 71.9 cm³/mol. The molecule has 1 unspecified atom stereocenters. The van der Waals surface area contributed by atoms with E-state index in [0.717, 1.165) is 19.3 Å². The fourth-order valence-corrected chi connectivity index (χ4v) is 1.86. The molecule has 1 nitrogen and oxygen atoms in total. The Kier molecular flexibility index (Phi) is 5.01. The van der Waals surface area contributed by atoms with Crippen molar-refractivity contribution >= 4 is 0 Å². The Bertz CT molecular complexity index is 328. The van der Waals surface area contributed by atoms with Gasteiger partial charge in [0.05, 0.1) is 0 Å². The molecule has 1 rings (SSSR count). The van der Waals surface area contributed by atoms with Crippen LogP contribution in [0.15, 0.2) is 18.2 Å². The molecule has 0 saturated heterocycles. The minimum atomic E-state index is 0.349. The van der Waals surface area contributed by atoms with E-state index >= 15 is 0 Å². The molecule has 0 amide bonds. The van der Waals surface area contributed by atoms with E-state index in [2.05, 4.69) is 45.9 Å². The topological polar surface area (TPSA) is 26.0 Å². The zero-order chi connectivity index (χ0) is 12.1. The number of rotatable bonds is 5. The maximum absolute atomic E-state index is 5.97. The van der Waals surface area contributed by atoms with E-state index in [4.69, 9.17) is 5.73 Å². The molecule has 0 saturated carbocycles. The first kappa shape index (κ1) is 13.2. The summed E-state index contributed by atoms with van der Waals surface area (Å²) in [7, 11) is 0. The van der Waals surface area contributed by atoms with Crippen LogP contribution < -0.4 is 5.73 Å². The smallest absolute Gasteiger partial charge is 0.00393 e. The van der Waals surface area contributed by atoms with Gasteiger partial charge in [-0.1, -0.05) is 39.0 Å². The van der Waals surface area contributed by atoms with Crippen molar-refractivity contribution in [2.24, 2.45) is 5.73 Å². The van der Waals surface area contributed by atoms with Crippen molar-refractivity contribution in [3.05, 3.63) is 34.9 Å². The third-order valence-corrected chi connectivity index (χ3v) is 3.35. The van der Waals surface area contributed by atoms with Crippen LogP contribution in [0.2, 0.25) is 0 Å². The minimum absolute atomic E-state index is 0.349. The van der Waals surface area contributed by atoms with Crippen LogP contribution in [0.4, 0.5) is 0 Å². The first-order chi connectivity index (χ1) is 7.54. The molecule has 1 aromatic rings. The molecule has 0 aliphatic carbocycles. The highest BCUT2D eigenvalue weighted by molar-refractivity contribution is 5.32. The average Bonchev–Trinajstić information content (AvgIpc) is 2.27. The lowest BCUT2D eigenvalue weighted by Crippen LogP contribution is -2.19. The standard InChI is InChI=1S/C15H25N/c1-5-15(16)9-8-14-10-13(11(2)3)7-6-12(14)4/h6-7,10-11,15H,5,8-9,16H2,1-4H3. The molecule has 0 aliphatic heterocycles. The molecular weight excluding hydrogens is 194 g/mol. The summed E-state index contributed by atoms with van der Waals surface area (Å²) in [5.41, 5.74) is 10.3. The van der Waals surface area contributed by atoms with Crippen molar-refractivity contribution in [3.8, 4) is 0 Å². The highest BCUT2D eigenvalue weighted by Crippen LogP contribution is 2.20. The summed E-state index contributed by atoms with van der Waals surface area (Å²) in [6.07, 6.45) is 3.28. The summed E-state index contributed by atoms with van der Waals surface area (Å²) in [5, 5.41) is 0. The summed E-state index contributed by atoms with van der Waals surface area (Å²) in [5.74, 6) is 0.610. The van der Waals surface area contributed by atoms with Gasteiger partial charge in [0.25, 0.3) is 0 Å². The Balaban J connectivity index is 2.74. The second-order valence-corrected chi connectivity index (χ2v) is 5.05. The van der Waals surface area contributed by atoms with Gasteiger partial charge in [0.1, 0.15) is 0 Å².